The molecule has 0 aromatic heterocycles. The van der Waals surface area contributed by atoms with E-state index in [4.69, 9.17) is 0 Å². The van der Waals surface area contributed by atoms with Gasteiger partial charge in [-0.1, -0.05) is 42.5 Å². The second-order valence-corrected chi connectivity index (χ2v) is 5.61. The number of carbonyl (C=O) groups is 1. The van der Waals surface area contributed by atoms with Gasteiger partial charge in [-0.25, -0.2) is 0 Å². The van der Waals surface area contributed by atoms with Crippen LogP contribution in [0.1, 0.15) is 18.4 Å². The summed E-state index contributed by atoms with van der Waals surface area (Å²) in [4.78, 5) is 12.0. The maximum atomic E-state index is 13.8. The lowest BCUT2D eigenvalue weighted by molar-refractivity contribution is -0.196. The number of aliphatic hydroxyl groups is 1. The number of ether oxygens (including phenoxy) is 1. The van der Waals surface area contributed by atoms with Crippen molar-refractivity contribution in [2.45, 2.75) is 19.0 Å². The first kappa shape index (κ1) is 17.3. The molecule has 0 spiro atoms. The van der Waals surface area contributed by atoms with Crippen LogP contribution in [0.2, 0.25) is 0 Å². The molecule has 0 aliphatic rings. The maximum Gasteiger partial charge on any atom is 0.396 e. The highest BCUT2D eigenvalue weighted by atomic mass is 19.4. The third kappa shape index (κ3) is 3.03. The molecule has 0 saturated carbocycles. The molecule has 3 nitrogen and oxygen atoms in total. The molecule has 23 heavy (non-hydrogen) atoms. The van der Waals surface area contributed by atoms with Crippen molar-refractivity contribution in [3.63, 3.8) is 0 Å². The zero-order chi connectivity index (χ0) is 17.3. The van der Waals surface area contributed by atoms with Gasteiger partial charge in [-0.15, -0.1) is 0 Å². The fraction of sp³-hybridized carbons (Fsp3) is 0.353. The summed E-state index contributed by atoms with van der Waals surface area (Å²) in [7, 11) is 1.01. The molecule has 124 valence electrons. The number of carbonyl (C=O) groups excluding carboxylic acids is 1. The Morgan fingerprint density at radius 2 is 1.78 bits per heavy atom. The van der Waals surface area contributed by atoms with Crippen LogP contribution in [0.5, 0.6) is 0 Å². The van der Waals surface area contributed by atoms with Gasteiger partial charge in [0.25, 0.3) is 0 Å². The van der Waals surface area contributed by atoms with Gasteiger partial charge in [0, 0.05) is 0 Å². The lowest BCUT2D eigenvalue weighted by Crippen LogP contribution is -2.45. The van der Waals surface area contributed by atoms with Gasteiger partial charge in [0.1, 0.15) is 5.41 Å². The maximum absolute atomic E-state index is 13.8. The summed E-state index contributed by atoms with van der Waals surface area (Å²) < 4.78 is 45.9. The molecule has 0 aliphatic heterocycles. The first-order valence-corrected chi connectivity index (χ1v) is 6.99. The quantitative estimate of drug-likeness (QED) is 0.872. The summed E-state index contributed by atoms with van der Waals surface area (Å²) in [6.45, 7) is 0.0891. The SMILES string of the molecule is COC(=O)C(C)(CO)C(c1cccc2ccccc12)C(F)(F)F. The predicted molar refractivity (Wildman–Crippen MR) is 80.0 cm³/mol. The van der Waals surface area contributed by atoms with Crippen LogP contribution in [-0.4, -0.2) is 31.0 Å². The van der Waals surface area contributed by atoms with Crippen molar-refractivity contribution in [3.05, 3.63) is 48.0 Å². The number of aliphatic hydroxyl groups excluding tert-OH is 1. The molecule has 2 atom stereocenters. The minimum atomic E-state index is -4.73. The molecule has 0 radical (unpaired) electrons. The van der Waals surface area contributed by atoms with Crippen molar-refractivity contribution in [2.75, 3.05) is 13.7 Å². The largest absolute Gasteiger partial charge is 0.469 e. The predicted octanol–water partition coefficient (Wildman–Crippen LogP) is 3.66. The lowest BCUT2D eigenvalue weighted by atomic mass is 9.72. The minimum Gasteiger partial charge on any atom is -0.469 e. The van der Waals surface area contributed by atoms with Crippen molar-refractivity contribution in [2.24, 2.45) is 5.41 Å². The second kappa shape index (κ2) is 6.20. The Morgan fingerprint density at radius 3 is 2.35 bits per heavy atom. The van der Waals surface area contributed by atoms with E-state index in [1.165, 1.54) is 12.1 Å². The Labute approximate surface area is 131 Å². The fourth-order valence-corrected chi connectivity index (χ4v) is 2.89. The molecule has 0 aliphatic carbocycles. The summed E-state index contributed by atoms with van der Waals surface area (Å²) in [5.74, 6) is -3.28. The van der Waals surface area contributed by atoms with Crippen molar-refractivity contribution in [1.29, 1.82) is 0 Å². The van der Waals surface area contributed by atoms with E-state index >= 15 is 0 Å². The van der Waals surface area contributed by atoms with Crippen LogP contribution in [0, 0.1) is 5.41 Å². The Bertz CT molecular complexity index is 706. The highest BCUT2D eigenvalue weighted by Crippen LogP contribution is 2.49. The first-order valence-electron chi connectivity index (χ1n) is 6.99. The summed E-state index contributed by atoms with van der Waals surface area (Å²) >= 11 is 0. The Morgan fingerprint density at radius 1 is 1.17 bits per heavy atom. The van der Waals surface area contributed by atoms with Crippen molar-refractivity contribution in [1.82, 2.24) is 0 Å². The van der Waals surface area contributed by atoms with E-state index in [1.807, 2.05) is 0 Å². The van der Waals surface area contributed by atoms with E-state index in [1.54, 1.807) is 30.3 Å². The van der Waals surface area contributed by atoms with Gasteiger partial charge in [-0.3, -0.25) is 4.79 Å². The number of hydrogen-bond acceptors (Lipinski definition) is 3. The average Bonchev–Trinajstić information content (AvgIpc) is 2.53. The molecule has 2 unspecified atom stereocenters. The molecule has 2 rings (SSSR count). The Kier molecular flexibility index (Phi) is 4.66. The number of methoxy groups -OCH3 is 1. The van der Waals surface area contributed by atoms with Gasteiger partial charge in [0.05, 0.1) is 19.6 Å². The molecule has 2 aromatic rings. The highest BCUT2D eigenvalue weighted by molar-refractivity contribution is 5.88. The average molecular weight is 326 g/mol. The third-order valence-corrected chi connectivity index (χ3v) is 4.08. The van der Waals surface area contributed by atoms with Crippen molar-refractivity contribution in [3.8, 4) is 0 Å². The van der Waals surface area contributed by atoms with E-state index in [9.17, 15) is 23.1 Å². The van der Waals surface area contributed by atoms with Crippen LogP contribution >= 0.6 is 0 Å². The number of rotatable bonds is 4. The Hall–Kier alpha value is -2.08. The Balaban J connectivity index is 2.75. The van der Waals surface area contributed by atoms with Crippen LogP contribution in [0.25, 0.3) is 10.8 Å². The topological polar surface area (TPSA) is 46.5 Å². The van der Waals surface area contributed by atoms with Gasteiger partial charge in [0.2, 0.25) is 0 Å². The van der Waals surface area contributed by atoms with E-state index in [-0.39, 0.29) is 5.56 Å². The first-order chi connectivity index (χ1) is 10.8. The molecule has 0 saturated heterocycles. The summed E-state index contributed by atoms with van der Waals surface area (Å²) in [6.07, 6.45) is -4.73. The van der Waals surface area contributed by atoms with Crippen LogP contribution in [-0.2, 0) is 9.53 Å². The van der Waals surface area contributed by atoms with E-state index in [0.717, 1.165) is 14.0 Å². The third-order valence-electron chi connectivity index (χ3n) is 4.08. The fourth-order valence-electron chi connectivity index (χ4n) is 2.89. The van der Waals surface area contributed by atoms with Crippen LogP contribution in [0.15, 0.2) is 42.5 Å². The molecule has 0 bridgehead atoms. The van der Waals surface area contributed by atoms with Crippen LogP contribution in [0.4, 0.5) is 13.2 Å². The molecular weight excluding hydrogens is 309 g/mol. The second-order valence-electron chi connectivity index (χ2n) is 5.61. The van der Waals surface area contributed by atoms with Gasteiger partial charge >= 0.3 is 12.1 Å². The number of fused-ring (bicyclic) bond motifs is 1. The molecule has 1 N–H and O–H groups in total. The van der Waals surface area contributed by atoms with Gasteiger partial charge < -0.3 is 9.84 Å². The zero-order valence-electron chi connectivity index (χ0n) is 12.7. The van der Waals surface area contributed by atoms with Crippen molar-refractivity contribution >= 4 is 16.7 Å². The smallest absolute Gasteiger partial charge is 0.396 e. The molecule has 0 heterocycles. The molecule has 2 aromatic carbocycles. The number of halogens is 3. The number of benzene rings is 2. The monoisotopic (exact) mass is 326 g/mol. The number of esters is 1. The molecule has 6 heteroatoms. The van der Waals surface area contributed by atoms with Crippen molar-refractivity contribution < 1.29 is 27.8 Å². The van der Waals surface area contributed by atoms with Crippen LogP contribution in [0.3, 0.4) is 0 Å². The summed E-state index contributed by atoms with van der Waals surface area (Å²) in [5.41, 5.74) is -2.19. The standard InChI is InChI=1S/C17H17F3O3/c1-16(10-21,15(22)23-2)14(17(18,19)20)13-9-5-7-11-6-3-4-8-12(11)13/h3-9,14,21H,10H2,1-2H3. The molecular formula is C17H17F3O3. The van der Waals surface area contributed by atoms with Crippen LogP contribution < -0.4 is 0 Å². The molecule has 0 fully saturated rings. The number of hydrogen-bond donors (Lipinski definition) is 1. The number of alkyl halides is 3. The zero-order valence-corrected chi connectivity index (χ0v) is 12.7. The highest BCUT2D eigenvalue weighted by Gasteiger charge is 2.56. The van der Waals surface area contributed by atoms with Gasteiger partial charge in [0.15, 0.2) is 0 Å². The van der Waals surface area contributed by atoms with E-state index in [0.29, 0.717) is 10.8 Å². The minimum absolute atomic E-state index is 0.0578. The molecule has 0 amide bonds. The van der Waals surface area contributed by atoms with Gasteiger partial charge in [-0.2, -0.15) is 13.2 Å². The lowest BCUT2D eigenvalue weighted by Gasteiger charge is -2.35. The van der Waals surface area contributed by atoms with E-state index < -0.39 is 30.1 Å². The summed E-state index contributed by atoms with van der Waals surface area (Å²) in [6, 6.07) is 11.1. The normalized spacial score (nSPS) is 15.9. The van der Waals surface area contributed by atoms with E-state index in [2.05, 4.69) is 4.74 Å². The van der Waals surface area contributed by atoms with Gasteiger partial charge in [-0.05, 0) is 23.3 Å². The summed E-state index contributed by atoms with van der Waals surface area (Å²) in [5, 5.41) is 10.6.